The second kappa shape index (κ2) is 8.22. The Labute approximate surface area is 157 Å². The molecule has 0 atom stereocenters. The van der Waals surface area contributed by atoms with Crippen LogP contribution in [0.3, 0.4) is 0 Å². The first-order valence-corrected chi connectivity index (χ1v) is 8.48. The van der Waals surface area contributed by atoms with Crippen LogP contribution in [0.1, 0.15) is 7.43 Å². The van der Waals surface area contributed by atoms with E-state index >= 15 is 0 Å². The van der Waals surface area contributed by atoms with Gasteiger partial charge < -0.3 is 5.21 Å². The summed E-state index contributed by atoms with van der Waals surface area (Å²) in [5.41, 5.74) is 0. The third-order valence-corrected chi connectivity index (χ3v) is 4.31. The SMILES string of the molecule is Brc1ccc2cnccc2c1.C.[O-][n+]1ccc2cc(Br)ccc2c1. The van der Waals surface area contributed by atoms with Crippen LogP contribution in [-0.2, 0) is 0 Å². The molecule has 2 aromatic heterocycles. The van der Waals surface area contributed by atoms with E-state index in [0.29, 0.717) is 0 Å². The van der Waals surface area contributed by atoms with Gasteiger partial charge in [0.2, 0.25) is 0 Å². The number of halogens is 2. The van der Waals surface area contributed by atoms with Crippen LogP contribution >= 0.6 is 31.9 Å². The lowest BCUT2D eigenvalue weighted by atomic mass is 10.2. The number of hydrogen-bond acceptors (Lipinski definition) is 2. The first-order chi connectivity index (χ1) is 11.1. The molecule has 122 valence electrons. The molecular formula is C19H16Br2N2O. The molecule has 0 aliphatic rings. The molecule has 2 aromatic carbocycles. The van der Waals surface area contributed by atoms with Crippen LogP contribution in [0.15, 0.2) is 82.3 Å². The first-order valence-electron chi connectivity index (χ1n) is 6.89. The molecule has 0 aliphatic heterocycles. The molecule has 0 saturated heterocycles. The molecule has 0 spiro atoms. The molecule has 0 unspecified atom stereocenters. The van der Waals surface area contributed by atoms with E-state index in [1.807, 2.05) is 42.6 Å². The van der Waals surface area contributed by atoms with Gasteiger partial charge in [0.05, 0.1) is 0 Å². The quantitative estimate of drug-likeness (QED) is 0.250. The van der Waals surface area contributed by atoms with Gasteiger partial charge in [-0.25, -0.2) is 0 Å². The Morgan fingerprint density at radius 2 is 1.42 bits per heavy atom. The number of benzene rings is 2. The standard InChI is InChI=1S/C9H6BrNO.C9H6BrN.CH4/c10-9-2-1-8-6-11(12)4-3-7(8)5-9;10-9-2-1-8-6-11-4-3-7(8)5-9;/h1-6H;1-6H;1H4. The van der Waals surface area contributed by atoms with Gasteiger partial charge in [-0.15, -0.1) is 0 Å². The summed E-state index contributed by atoms with van der Waals surface area (Å²) in [6, 6.07) is 15.8. The van der Waals surface area contributed by atoms with Gasteiger partial charge in [-0.05, 0) is 47.2 Å². The van der Waals surface area contributed by atoms with E-state index in [1.54, 1.807) is 18.5 Å². The fourth-order valence-electron chi connectivity index (χ4n) is 2.20. The van der Waals surface area contributed by atoms with Gasteiger partial charge in [0, 0.05) is 38.2 Å². The van der Waals surface area contributed by atoms with Crippen molar-refractivity contribution in [3.05, 3.63) is 87.5 Å². The normalized spacial score (nSPS) is 9.92. The fourth-order valence-corrected chi connectivity index (χ4v) is 2.95. The maximum atomic E-state index is 10.9. The minimum atomic E-state index is 0. The summed E-state index contributed by atoms with van der Waals surface area (Å²) in [5, 5.41) is 15.3. The molecule has 0 bridgehead atoms. The fraction of sp³-hybridized carbons (Fsp3) is 0.0526. The maximum absolute atomic E-state index is 10.9. The van der Waals surface area contributed by atoms with Crippen LogP contribution < -0.4 is 4.73 Å². The maximum Gasteiger partial charge on any atom is 0.188 e. The van der Waals surface area contributed by atoms with E-state index in [-0.39, 0.29) is 7.43 Å². The summed E-state index contributed by atoms with van der Waals surface area (Å²) in [4.78, 5) is 4.03. The summed E-state index contributed by atoms with van der Waals surface area (Å²) in [6.45, 7) is 0. The monoisotopic (exact) mass is 446 g/mol. The van der Waals surface area contributed by atoms with Gasteiger partial charge >= 0.3 is 0 Å². The van der Waals surface area contributed by atoms with Gasteiger partial charge in [-0.2, -0.15) is 4.73 Å². The highest BCUT2D eigenvalue weighted by Gasteiger charge is 1.97. The lowest BCUT2D eigenvalue weighted by molar-refractivity contribution is -0.603. The Morgan fingerprint density at radius 3 is 2.12 bits per heavy atom. The molecule has 0 aliphatic carbocycles. The number of pyridine rings is 2. The zero-order valence-electron chi connectivity index (χ0n) is 12.0. The van der Waals surface area contributed by atoms with E-state index in [2.05, 4.69) is 42.9 Å². The van der Waals surface area contributed by atoms with Crippen LogP contribution in [0.5, 0.6) is 0 Å². The van der Waals surface area contributed by atoms with Gasteiger partial charge in [0.15, 0.2) is 12.4 Å². The second-order valence-corrected chi connectivity index (χ2v) is 6.78. The van der Waals surface area contributed by atoms with Crippen LogP contribution in [0.2, 0.25) is 0 Å². The zero-order chi connectivity index (χ0) is 16.2. The van der Waals surface area contributed by atoms with E-state index in [0.717, 1.165) is 24.4 Å². The van der Waals surface area contributed by atoms with Crippen molar-refractivity contribution in [2.24, 2.45) is 0 Å². The Balaban J connectivity index is 0.000000167. The average Bonchev–Trinajstić information content (AvgIpc) is 2.55. The van der Waals surface area contributed by atoms with Crippen LogP contribution in [-0.4, -0.2) is 4.98 Å². The summed E-state index contributed by atoms with van der Waals surface area (Å²) in [6.07, 6.45) is 6.72. The molecule has 4 aromatic rings. The van der Waals surface area contributed by atoms with E-state index < -0.39 is 0 Å². The number of aromatic nitrogens is 2. The molecule has 0 saturated carbocycles. The van der Waals surface area contributed by atoms with Gasteiger partial charge in [0.1, 0.15) is 0 Å². The summed E-state index contributed by atoms with van der Waals surface area (Å²) >= 11 is 6.78. The van der Waals surface area contributed by atoms with Crippen LogP contribution in [0.25, 0.3) is 21.5 Å². The highest BCUT2D eigenvalue weighted by molar-refractivity contribution is 9.10. The van der Waals surface area contributed by atoms with Crippen molar-refractivity contribution in [2.45, 2.75) is 7.43 Å². The average molecular weight is 448 g/mol. The number of nitrogens with zero attached hydrogens (tertiary/aromatic N) is 2. The van der Waals surface area contributed by atoms with E-state index in [9.17, 15) is 5.21 Å². The molecule has 4 rings (SSSR count). The molecule has 0 amide bonds. The Bertz CT molecular complexity index is 932. The van der Waals surface area contributed by atoms with Crippen molar-refractivity contribution >= 4 is 53.4 Å². The summed E-state index contributed by atoms with van der Waals surface area (Å²) in [7, 11) is 0. The molecule has 2 heterocycles. The van der Waals surface area contributed by atoms with Crippen molar-refractivity contribution < 1.29 is 4.73 Å². The summed E-state index contributed by atoms with van der Waals surface area (Å²) in [5.74, 6) is 0. The lowest BCUT2D eigenvalue weighted by Gasteiger charge is -1.98. The minimum absolute atomic E-state index is 0. The van der Waals surface area contributed by atoms with Crippen molar-refractivity contribution in [1.29, 1.82) is 0 Å². The van der Waals surface area contributed by atoms with Crippen LogP contribution in [0, 0.1) is 5.21 Å². The lowest BCUT2D eigenvalue weighted by Crippen LogP contribution is -2.23. The summed E-state index contributed by atoms with van der Waals surface area (Å²) < 4.78 is 2.94. The molecule has 0 fully saturated rings. The molecular weight excluding hydrogens is 432 g/mol. The van der Waals surface area contributed by atoms with Crippen molar-refractivity contribution in [2.75, 3.05) is 0 Å². The Morgan fingerprint density at radius 1 is 0.792 bits per heavy atom. The number of hydrogen-bond donors (Lipinski definition) is 0. The molecule has 24 heavy (non-hydrogen) atoms. The Hall–Kier alpha value is -1.98. The topological polar surface area (TPSA) is 39.8 Å². The molecule has 5 heteroatoms. The number of rotatable bonds is 0. The largest absolute Gasteiger partial charge is 0.619 e. The third-order valence-electron chi connectivity index (χ3n) is 3.32. The van der Waals surface area contributed by atoms with Gasteiger partial charge in [-0.1, -0.05) is 45.4 Å². The third kappa shape index (κ3) is 4.52. The van der Waals surface area contributed by atoms with E-state index in [4.69, 9.17) is 0 Å². The second-order valence-electron chi connectivity index (χ2n) is 4.95. The zero-order valence-corrected chi connectivity index (χ0v) is 15.2. The molecule has 3 nitrogen and oxygen atoms in total. The van der Waals surface area contributed by atoms with Crippen LogP contribution in [0.4, 0.5) is 0 Å². The molecule has 0 radical (unpaired) electrons. The first kappa shape index (κ1) is 18.4. The highest BCUT2D eigenvalue weighted by atomic mass is 79.9. The molecule has 0 N–H and O–H groups in total. The minimum Gasteiger partial charge on any atom is -0.619 e. The smallest absolute Gasteiger partial charge is 0.188 e. The highest BCUT2D eigenvalue weighted by Crippen LogP contribution is 2.18. The Kier molecular flexibility index (Phi) is 6.29. The van der Waals surface area contributed by atoms with Gasteiger partial charge in [-0.3, -0.25) is 4.98 Å². The van der Waals surface area contributed by atoms with Crippen molar-refractivity contribution in [1.82, 2.24) is 4.98 Å². The predicted molar refractivity (Wildman–Crippen MR) is 107 cm³/mol. The van der Waals surface area contributed by atoms with E-state index in [1.165, 1.54) is 17.0 Å². The van der Waals surface area contributed by atoms with Crippen molar-refractivity contribution in [3.63, 3.8) is 0 Å². The number of fused-ring (bicyclic) bond motifs is 2. The van der Waals surface area contributed by atoms with Crippen molar-refractivity contribution in [3.8, 4) is 0 Å². The van der Waals surface area contributed by atoms with Gasteiger partial charge in [0.25, 0.3) is 0 Å². The predicted octanol–water partition coefficient (Wildman–Crippen LogP) is 5.87.